The van der Waals surface area contributed by atoms with Crippen molar-refractivity contribution in [2.45, 2.75) is 38.7 Å². The van der Waals surface area contributed by atoms with E-state index < -0.39 is 0 Å². The van der Waals surface area contributed by atoms with Gasteiger partial charge in [0, 0.05) is 5.02 Å². The third-order valence-electron chi connectivity index (χ3n) is 3.69. The summed E-state index contributed by atoms with van der Waals surface area (Å²) in [6.45, 7) is 2.19. The lowest BCUT2D eigenvalue weighted by Gasteiger charge is -2.31. The molecule has 1 aliphatic carbocycles. The van der Waals surface area contributed by atoms with Gasteiger partial charge in [0.05, 0.1) is 6.10 Å². The third-order valence-corrected chi connectivity index (χ3v) is 3.93. The van der Waals surface area contributed by atoms with Crippen LogP contribution in [0.15, 0.2) is 18.2 Å². The number of halogens is 2. The number of aliphatic hydroxyl groups excluding tert-OH is 1. The van der Waals surface area contributed by atoms with Crippen molar-refractivity contribution in [2.24, 2.45) is 11.8 Å². The summed E-state index contributed by atoms with van der Waals surface area (Å²) < 4.78 is 13.6. The van der Waals surface area contributed by atoms with E-state index in [0.717, 1.165) is 19.3 Å². The molecule has 1 aromatic rings. The third kappa shape index (κ3) is 3.20. The lowest BCUT2D eigenvalue weighted by molar-refractivity contribution is 0.0515. The van der Waals surface area contributed by atoms with Gasteiger partial charge in [-0.25, -0.2) is 4.39 Å². The van der Waals surface area contributed by atoms with Crippen molar-refractivity contribution in [2.75, 3.05) is 0 Å². The van der Waals surface area contributed by atoms with Crippen LogP contribution in [-0.4, -0.2) is 11.2 Å². The molecule has 0 amide bonds. The Bertz CT molecular complexity index is 394. The summed E-state index contributed by atoms with van der Waals surface area (Å²) in [6, 6.07) is 4.62. The van der Waals surface area contributed by atoms with Crippen molar-refractivity contribution in [3.63, 3.8) is 0 Å². The molecule has 0 aromatic heterocycles. The molecule has 3 heteroatoms. The molecule has 17 heavy (non-hydrogen) atoms. The smallest absolute Gasteiger partial charge is 0.126 e. The molecule has 94 valence electrons. The van der Waals surface area contributed by atoms with Crippen LogP contribution in [0.4, 0.5) is 4.39 Å². The van der Waals surface area contributed by atoms with Crippen LogP contribution < -0.4 is 0 Å². The van der Waals surface area contributed by atoms with Crippen molar-refractivity contribution in [3.8, 4) is 0 Å². The average Bonchev–Trinajstić information content (AvgIpc) is 2.28. The second-order valence-electron chi connectivity index (χ2n) is 5.19. The van der Waals surface area contributed by atoms with Crippen LogP contribution in [0.3, 0.4) is 0 Å². The SMILES string of the molecule is CC1CCC(O)C(Cc2cc(Cl)ccc2F)C1. The fraction of sp³-hybridized carbons (Fsp3) is 0.571. The molecule has 0 bridgehead atoms. The molecule has 0 radical (unpaired) electrons. The highest BCUT2D eigenvalue weighted by atomic mass is 35.5. The monoisotopic (exact) mass is 256 g/mol. The van der Waals surface area contributed by atoms with Gasteiger partial charge in [0.2, 0.25) is 0 Å². The van der Waals surface area contributed by atoms with Crippen LogP contribution in [-0.2, 0) is 6.42 Å². The Balaban J connectivity index is 2.11. The van der Waals surface area contributed by atoms with Crippen molar-refractivity contribution in [3.05, 3.63) is 34.6 Å². The van der Waals surface area contributed by atoms with E-state index in [2.05, 4.69) is 6.92 Å². The molecule has 2 rings (SSSR count). The van der Waals surface area contributed by atoms with E-state index in [1.807, 2.05) is 0 Å². The van der Waals surface area contributed by atoms with Gasteiger partial charge in [-0.2, -0.15) is 0 Å². The molecule has 1 saturated carbocycles. The number of rotatable bonds is 2. The fourth-order valence-electron chi connectivity index (χ4n) is 2.68. The molecule has 1 fully saturated rings. The Morgan fingerprint density at radius 1 is 1.41 bits per heavy atom. The predicted molar refractivity (Wildman–Crippen MR) is 67.6 cm³/mol. The van der Waals surface area contributed by atoms with Crippen LogP contribution in [0.5, 0.6) is 0 Å². The molecule has 3 atom stereocenters. The minimum Gasteiger partial charge on any atom is -0.393 e. The largest absolute Gasteiger partial charge is 0.393 e. The fourth-order valence-corrected chi connectivity index (χ4v) is 2.88. The van der Waals surface area contributed by atoms with Crippen LogP contribution in [0.25, 0.3) is 0 Å². The zero-order valence-electron chi connectivity index (χ0n) is 10.00. The van der Waals surface area contributed by atoms with E-state index >= 15 is 0 Å². The Morgan fingerprint density at radius 3 is 2.94 bits per heavy atom. The maximum absolute atomic E-state index is 13.6. The first-order valence-electron chi connectivity index (χ1n) is 6.18. The standard InChI is InChI=1S/C14H18ClFO/c1-9-2-5-14(17)11(6-9)7-10-8-12(15)3-4-13(10)16/h3-4,8-9,11,14,17H,2,5-7H2,1H3. The molecule has 0 aliphatic heterocycles. The summed E-state index contributed by atoms with van der Waals surface area (Å²) in [5.41, 5.74) is 0.621. The van der Waals surface area contributed by atoms with Gasteiger partial charge in [-0.3, -0.25) is 0 Å². The van der Waals surface area contributed by atoms with Crippen LogP contribution >= 0.6 is 11.6 Å². The first-order valence-corrected chi connectivity index (χ1v) is 6.56. The minimum atomic E-state index is -0.301. The molecule has 1 nitrogen and oxygen atoms in total. The van der Waals surface area contributed by atoms with Crippen molar-refractivity contribution >= 4 is 11.6 Å². The number of aliphatic hydroxyl groups is 1. The molecule has 3 unspecified atom stereocenters. The van der Waals surface area contributed by atoms with E-state index in [9.17, 15) is 9.50 Å². The van der Waals surface area contributed by atoms with E-state index in [1.165, 1.54) is 6.07 Å². The Labute approximate surface area is 107 Å². The highest BCUT2D eigenvalue weighted by molar-refractivity contribution is 6.30. The predicted octanol–water partition coefficient (Wildman–Crippen LogP) is 3.82. The zero-order valence-corrected chi connectivity index (χ0v) is 10.8. The first-order chi connectivity index (χ1) is 8.06. The molecule has 1 N–H and O–H groups in total. The number of benzene rings is 1. The highest BCUT2D eigenvalue weighted by Crippen LogP contribution is 2.32. The van der Waals surface area contributed by atoms with Gasteiger partial charge in [-0.15, -0.1) is 0 Å². The normalized spacial score (nSPS) is 29.3. The summed E-state index contributed by atoms with van der Waals surface area (Å²) in [6.07, 6.45) is 3.14. The van der Waals surface area contributed by atoms with E-state index in [-0.39, 0.29) is 17.8 Å². The van der Waals surface area contributed by atoms with E-state index in [1.54, 1.807) is 12.1 Å². The van der Waals surface area contributed by atoms with Gasteiger partial charge in [0.25, 0.3) is 0 Å². The second-order valence-corrected chi connectivity index (χ2v) is 5.62. The lowest BCUT2D eigenvalue weighted by atomic mass is 9.77. The first kappa shape index (κ1) is 12.8. The second kappa shape index (κ2) is 5.36. The summed E-state index contributed by atoms with van der Waals surface area (Å²) in [5.74, 6) is 0.553. The van der Waals surface area contributed by atoms with Gasteiger partial charge in [0.1, 0.15) is 5.82 Å². The molecular weight excluding hydrogens is 239 g/mol. The van der Waals surface area contributed by atoms with E-state index in [0.29, 0.717) is 22.9 Å². The topological polar surface area (TPSA) is 20.2 Å². The summed E-state index contributed by atoms with van der Waals surface area (Å²) >= 11 is 5.87. The molecule has 0 saturated heterocycles. The van der Waals surface area contributed by atoms with Gasteiger partial charge >= 0.3 is 0 Å². The van der Waals surface area contributed by atoms with Crippen molar-refractivity contribution < 1.29 is 9.50 Å². The van der Waals surface area contributed by atoms with Crippen molar-refractivity contribution in [1.82, 2.24) is 0 Å². The Hall–Kier alpha value is -0.600. The maximum atomic E-state index is 13.6. The highest BCUT2D eigenvalue weighted by Gasteiger charge is 2.27. The van der Waals surface area contributed by atoms with Gasteiger partial charge < -0.3 is 5.11 Å². The van der Waals surface area contributed by atoms with Gasteiger partial charge in [-0.1, -0.05) is 18.5 Å². The van der Waals surface area contributed by atoms with Gasteiger partial charge in [-0.05, 0) is 61.3 Å². The molecule has 1 aliphatic rings. The summed E-state index contributed by atoms with van der Waals surface area (Å²) in [5, 5.41) is 10.5. The quantitative estimate of drug-likeness (QED) is 0.853. The van der Waals surface area contributed by atoms with Crippen LogP contribution in [0.1, 0.15) is 31.7 Å². The molecular formula is C14H18ClFO. The lowest BCUT2D eigenvalue weighted by Crippen LogP contribution is -2.29. The van der Waals surface area contributed by atoms with Crippen LogP contribution in [0.2, 0.25) is 5.02 Å². The van der Waals surface area contributed by atoms with Crippen molar-refractivity contribution in [1.29, 1.82) is 0 Å². The summed E-state index contributed by atoms with van der Waals surface area (Å²) in [4.78, 5) is 0. The average molecular weight is 257 g/mol. The maximum Gasteiger partial charge on any atom is 0.126 e. The van der Waals surface area contributed by atoms with Gasteiger partial charge in [0.15, 0.2) is 0 Å². The Kier molecular flexibility index (Phi) is 4.05. The number of hydrogen-bond acceptors (Lipinski definition) is 1. The Morgan fingerprint density at radius 2 is 2.18 bits per heavy atom. The molecule has 0 heterocycles. The van der Waals surface area contributed by atoms with E-state index in [4.69, 9.17) is 11.6 Å². The zero-order chi connectivity index (χ0) is 12.4. The number of hydrogen-bond donors (Lipinski definition) is 1. The molecule has 0 spiro atoms. The molecule has 1 aromatic carbocycles. The van der Waals surface area contributed by atoms with Crippen LogP contribution in [0, 0.1) is 17.7 Å². The summed E-state index contributed by atoms with van der Waals surface area (Å²) in [7, 11) is 0. The minimum absolute atomic E-state index is 0.159.